The molecule has 7 nitrogen and oxygen atoms in total. The topological polar surface area (TPSA) is 86.0 Å². The maximum absolute atomic E-state index is 11.8. The molecular weight excluding hydrogens is 342 g/mol. The van der Waals surface area contributed by atoms with Crippen molar-refractivity contribution in [2.75, 3.05) is 12.5 Å². The Morgan fingerprint density at radius 3 is 3.04 bits per heavy atom. The summed E-state index contributed by atoms with van der Waals surface area (Å²) in [6.07, 6.45) is 1.55. The van der Waals surface area contributed by atoms with Crippen LogP contribution in [0.1, 0.15) is 5.56 Å². The van der Waals surface area contributed by atoms with Gasteiger partial charge in [0.05, 0.1) is 12.0 Å². The van der Waals surface area contributed by atoms with Gasteiger partial charge >= 0.3 is 0 Å². The lowest BCUT2D eigenvalue weighted by molar-refractivity contribution is -0.118. The Morgan fingerprint density at radius 1 is 1.24 bits per heavy atom. The van der Waals surface area contributed by atoms with Gasteiger partial charge in [-0.05, 0) is 35.9 Å². The van der Waals surface area contributed by atoms with Crippen molar-refractivity contribution in [2.24, 2.45) is 5.10 Å². The van der Waals surface area contributed by atoms with Crippen LogP contribution in [0.2, 0.25) is 0 Å². The van der Waals surface area contributed by atoms with Crippen LogP contribution in [0.3, 0.4) is 0 Å². The number of ether oxygens (including phenoxy) is 2. The summed E-state index contributed by atoms with van der Waals surface area (Å²) in [5, 5.41) is 4.39. The summed E-state index contributed by atoms with van der Waals surface area (Å²) in [6.45, 7) is 0.222. The molecule has 1 aromatic heterocycles. The molecule has 126 valence electrons. The number of benzene rings is 2. The minimum absolute atomic E-state index is 0.158. The molecule has 4 rings (SSSR count). The van der Waals surface area contributed by atoms with Gasteiger partial charge in [-0.25, -0.2) is 10.4 Å². The Labute approximate surface area is 147 Å². The third-order valence-corrected chi connectivity index (χ3v) is 4.23. The van der Waals surface area contributed by atoms with Gasteiger partial charge in [-0.2, -0.15) is 5.10 Å². The molecule has 1 amide bonds. The number of thioether (sulfide) groups is 1. The van der Waals surface area contributed by atoms with Crippen LogP contribution in [0.4, 0.5) is 0 Å². The van der Waals surface area contributed by atoms with Crippen LogP contribution >= 0.6 is 11.8 Å². The van der Waals surface area contributed by atoms with Gasteiger partial charge in [-0.15, -0.1) is 0 Å². The van der Waals surface area contributed by atoms with Gasteiger partial charge in [-0.3, -0.25) is 4.79 Å². The van der Waals surface area contributed by atoms with E-state index in [0.717, 1.165) is 11.1 Å². The highest BCUT2D eigenvalue weighted by Crippen LogP contribution is 2.31. The van der Waals surface area contributed by atoms with Crippen LogP contribution in [0.5, 0.6) is 11.5 Å². The van der Waals surface area contributed by atoms with E-state index in [-0.39, 0.29) is 18.5 Å². The SMILES string of the molecule is O=C(CSc1nc2ccccc2o1)N/N=C\c1ccc2c(c1)OCO2. The van der Waals surface area contributed by atoms with E-state index in [1.165, 1.54) is 11.8 Å². The van der Waals surface area contributed by atoms with Crippen LogP contribution < -0.4 is 14.9 Å². The summed E-state index contributed by atoms with van der Waals surface area (Å²) in [4.78, 5) is 16.1. The molecule has 0 aliphatic carbocycles. The lowest BCUT2D eigenvalue weighted by Gasteiger charge is -1.99. The summed E-state index contributed by atoms with van der Waals surface area (Å²) >= 11 is 1.22. The Hall–Kier alpha value is -3.00. The Balaban J connectivity index is 1.30. The van der Waals surface area contributed by atoms with Gasteiger partial charge in [0.25, 0.3) is 11.1 Å². The van der Waals surface area contributed by atoms with Gasteiger partial charge in [0.1, 0.15) is 5.52 Å². The normalized spacial score (nSPS) is 12.8. The number of carbonyl (C=O) groups excluding carboxylic acids is 1. The average molecular weight is 355 g/mol. The molecule has 0 fully saturated rings. The molecule has 0 spiro atoms. The minimum Gasteiger partial charge on any atom is -0.454 e. The summed E-state index contributed by atoms with van der Waals surface area (Å²) in [5.74, 6) is 1.28. The van der Waals surface area contributed by atoms with E-state index in [4.69, 9.17) is 13.9 Å². The highest BCUT2D eigenvalue weighted by molar-refractivity contribution is 7.99. The smallest absolute Gasteiger partial charge is 0.257 e. The van der Waals surface area contributed by atoms with Crippen molar-refractivity contribution >= 4 is 35.0 Å². The molecule has 3 aromatic rings. The van der Waals surface area contributed by atoms with Crippen molar-refractivity contribution < 1.29 is 18.7 Å². The van der Waals surface area contributed by atoms with E-state index < -0.39 is 0 Å². The largest absolute Gasteiger partial charge is 0.454 e. The highest BCUT2D eigenvalue weighted by Gasteiger charge is 2.12. The zero-order valence-corrected chi connectivity index (χ0v) is 13.8. The molecule has 2 heterocycles. The number of hydrogen-bond donors (Lipinski definition) is 1. The second-order valence-corrected chi connectivity index (χ2v) is 6.07. The van der Waals surface area contributed by atoms with Crippen LogP contribution in [0.25, 0.3) is 11.1 Å². The first-order valence-electron chi connectivity index (χ1n) is 7.48. The van der Waals surface area contributed by atoms with Gasteiger partial charge in [0.2, 0.25) is 6.79 Å². The number of hydrogen-bond acceptors (Lipinski definition) is 7. The number of aromatic nitrogens is 1. The van der Waals surface area contributed by atoms with Gasteiger partial charge in [-0.1, -0.05) is 23.9 Å². The van der Waals surface area contributed by atoms with Crippen molar-refractivity contribution in [3.8, 4) is 11.5 Å². The molecule has 0 saturated heterocycles. The fraction of sp³-hybridized carbons (Fsp3) is 0.118. The summed E-state index contributed by atoms with van der Waals surface area (Å²) in [7, 11) is 0. The van der Waals surface area contributed by atoms with E-state index in [1.807, 2.05) is 30.3 Å². The van der Waals surface area contributed by atoms with Crippen LogP contribution in [-0.2, 0) is 4.79 Å². The zero-order valence-electron chi connectivity index (χ0n) is 13.0. The quantitative estimate of drug-likeness (QED) is 0.430. The molecule has 1 aliphatic heterocycles. The molecule has 0 bridgehead atoms. The summed E-state index contributed by atoms with van der Waals surface area (Å²) in [6, 6.07) is 12.9. The maximum Gasteiger partial charge on any atom is 0.257 e. The lowest BCUT2D eigenvalue weighted by atomic mass is 10.2. The number of amides is 1. The summed E-state index contributed by atoms with van der Waals surface area (Å²) in [5.41, 5.74) is 4.74. The first-order chi connectivity index (χ1) is 12.3. The van der Waals surface area contributed by atoms with E-state index in [2.05, 4.69) is 15.5 Å². The number of hydrazone groups is 1. The predicted molar refractivity (Wildman–Crippen MR) is 93.0 cm³/mol. The molecule has 0 saturated carbocycles. The van der Waals surface area contributed by atoms with Crippen LogP contribution in [-0.4, -0.2) is 29.7 Å². The monoisotopic (exact) mass is 355 g/mol. The molecule has 2 aromatic carbocycles. The number of nitrogens with zero attached hydrogens (tertiary/aromatic N) is 2. The molecule has 1 N–H and O–H groups in total. The molecule has 1 aliphatic rings. The van der Waals surface area contributed by atoms with Crippen molar-refractivity contribution in [3.05, 3.63) is 48.0 Å². The first-order valence-corrected chi connectivity index (χ1v) is 8.46. The molecule has 8 heteroatoms. The van der Waals surface area contributed by atoms with E-state index in [1.54, 1.807) is 18.3 Å². The fourth-order valence-electron chi connectivity index (χ4n) is 2.24. The molecule has 0 radical (unpaired) electrons. The van der Waals surface area contributed by atoms with E-state index in [0.29, 0.717) is 22.3 Å². The highest BCUT2D eigenvalue weighted by atomic mass is 32.2. The number of nitrogens with one attached hydrogen (secondary N) is 1. The van der Waals surface area contributed by atoms with Crippen molar-refractivity contribution in [1.29, 1.82) is 0 Å². The van der Waals surface area contributed by atoms with Crippen LogP contribution in [0.15, 0.2) is 57.2 Å². The van der Waals surface area contributed by atoms with E-state index >= 15 is 0 Å². The zero-order chi connectivity index (χ0) is 17.1. The Morgan fingerprint density at radius 2 is 2.12 bits per heavy atom. The minimum atomic E-state index is -0.246. The van der Waals surface area contributed by atoms with Crippen LogP contribution in [0, 0.1) is 0 Å². The standard InChI is InChI=1S/C17H13N3O4S/c21-16(9-25-17-19-12-3-1-2-4-13(12)24-17)20-18-8-11-5-6-14-15(7-11)23-10-22-14/h1-8H,9-10H2,(H,20,21)/b18-8-. The molecular formula is C17H13N3O4S. The third kappa shape index (κ3) is 3.58. The average Bonchev–Trinajstić information content (AvgIpc) is 3.25. The Kier molecular flexibility index (Phi) is 4.26. The van der Waals surface area contributed by atoms with Gasteiger partial charge < -0.3 is 13.9 Å². The molecule has 25 heavy (non-hydrogen) atoms. The second kappa shape index (κ2) is 6.86. The second-order valence-electron chi connectivity index (χ2n) is 5.14. The summed E-state index contributed by atoms with van der Waals surface area (Å²) < 4.78 is 16.1. The number of rotatable bonds is 5. The van der Waals surface area contributed by atoms with Crippen molar-refractivity contribution in [3.63, 3.8) is 0 Å². The number of fused-ring (bicyclic) bond motifs is 2. The first kappa shape index (κ1) is 15.5. The third-order valence-electron chi connectivity index (χ3n) is 3.40. The van der Waals surface area contributed by atoms with Gasteiger partial charge in [0, 0.05) is 0 Å². The maximum atomic E-state index is 11.8. The van der Waals surface area contributed by atoms with E-state index in [9.17, 15) is 4.79 Å². The number of oxazole rings is 1. The van der Waals surface area contributed by atoms with Crippen molar-refractivity contribution in [1.82, 2.24) is 10.4 Å². The predicted octanol–water partition coefficient (Wildman–Crippen LogP) is 2.80. The Bertz CT molecular complexity index is 921. The molecule has 0 unspecified atom stereocenters. The van der Waals surface area contributed by atoms with Gasteiger partial charge in [0.15, 0.2) is 17.1 Å². The lowest BCUT2D eigenvalue weighted by Crippen LogP contribution is -2.19. The van der Waals surface area contributed by atoms with Crippen molar-refractivity contribution in [2.45, 2.75) is 5.22 Å². The molecule has 0 atom stereocenters. The fourth-order valence-corrected chi connectivity index (χ4v) is 2.88. The number of para-hydroxylation sites is 2. The number of carbonyl (C=O) groups is 1.